The lowest BCUT2D eigenvalue weighted by Gasteiger charge is -2.34. The molecule has 3 aliphatic rings. The van der Waals surface area contributed by atoms with Gasteiger partial charge in [0.2, 0.25) is 0 Å². The highest BCUT2D eigenvalue weighted by atomic mass is 35.5. The van der Waals surface area contributed by atoms with Crippen LogP contribution < -0.4 is 0 Å². The molecule has 1 fully saturated rings. The average Bonchev–Trinajstić information content (AvgIpc) is 3.02. The zero-order valence-corrected chi connectivity index (χ0v) is 18.9. The van der Waals surface area contributed by atoms with Crippen molar-refractivity contribution in [1.82, 2.24) is 0 Å². The predicted octanol–water partition coefficient (Wildman–Crippen LogP) is 8.22. The molecule has 7 heteroatoms. The number of alkyl halides is 5. The molecule has 0 N–H and O–H groups in total. The quantitative estimate of drug-likeness (QED) is 0.219. The summed E-state index contributed by atoms with van der Waals surface area (Å²) in [4.78, 5) is -2.45. The van der Waals surface area contributed by atoms with Gasteiger partial charge in [-0.1, -0.05) is 105 Å². The van der Waals surface area contributed by atoms with Gasteiger partial charge in [-0.25, -0.2) is 0 Å². The predicted molar refractivity (Wildman–Crippen MR) is 111 cm³/mol. The fraction of sp³-hybridized carbons (Fsp3) is 0.765. The summed E-state index contributed by atoms with van der Waals surface area (Å²) >= 11 is 44.5. The minimum Gasteiger partial charge on any atom is -0.118 e. The van der Waals surface area contributed by atoms with E-state index in [1.54, 1.807) is 0 Å². The van der Waals surface area contributed by atoms with Crippen LogP contribution in [0.15, 0.2) is 22.2 Å². The van der Waals surface area contributed by atoms with Crippen LogP contribution in [0, 0.1) is 11.8 Å². The van der Waals surface area contributed by atoms with Crippen LogP contribution in [-0.2, 0) is 0 Å². The largest absolute Gasteiger partial charge is 0.167 e. The Morgan fingerprint density at radius 1 is 0.833 bits per heavy atom. The average molecular weight is 474 g/mol. The van der Waals surface area contributed by atoms with Crippen molar-refractivity contribution in [1.29, 1.82) is 0 Å². The summed E-state index contributed by atoms with van der Waals surface area (Å²) in [5.41, 5.74) is 0. The van der Waals surface area contributed by atoms with E-state index in [1.807, 2.05) is 12.2 Å². The van der Waals surface area contributed by atoms with Crippen LogP contribution in [0.25, 0.3) is 0 Å². The second-order valence-electron chi connectivity index (χ2n) is 6.57. The van der Waals surface area contributed by atoms with Crippen molar-refractivity contribution in [3.63, 3.8) is 0 Å². The second kappa shape index (κ2) is 7.86. The Bertz CT molecular complexity index is 537. The Morgan fingerprint density at radius 3 is 1.83 bits per heavy atom. The highest BCUT2D eigenvalue weighted by molar-refractivity contribution is 6.66. The Balaban J connectivity index is 0.000000256. The number of unbranched alkanes of at least 4 members (excludes halogenated alkanes) is 4. The van der Waals surface area contributed by atoms with E-state index in [9.17, 15) is 0 Å². The SMILES string of the molecule is CCCCCCC.ClC1=C(Cl)C2(Cl)C3C(Cl)C=CC3C1(Cl)C2(Cl)Cl. The van der Waals surface area contributed by atoms with Gasteiger partial charge in [0.25, 0.3) is 0 Å². The number of hydrogen-bond acceptors (Lipinski definition) is 0. The Labute approximate surface area is 179 Å². The van der Waals surface area contributed by atoms with Crippen molar-refractivity contribution in [2.45, 2.75) is 65.4 Å². The Hall–Kier alpha value is 1.51. The third-order valence-electron chi connectivity index (χ3n) is 5.10. The van der Waals surface area contributed by atoms with Crippen LogP contribution in [0.2, 0.25) is 0 Å². The molecule has 0 radical (unpaired) electrons. The fourth-order valence-electron chi connectivity index (χ4n) is 3.76. The molecule has 0 aliphatic heterocycles. The number of rotatable bonds is 4. The van der Waals surface area contributed by atoms with E-state index in [-0.39, 0.29) is 27.3 Å². The van der Waals surface area contributed by atoms with E-state index >= 15 is 0 Å². The topological polar surface area (TPSA) is 0 Å². The van der Waals surface area contributed by atoms with Crippen LogP contribution in [0.3, 0.4) is 0 Å². The first-order chi connectivity index (χ1) is 11.1. The van der Waals surface area contributed by atoms with E-state index in [4.69, 9.17) is 81.2 Å². The molecule has 1 saturated carbocycles. The molecule has 24 heavy (non-hydrogen) atoms. The van der Waals surface area contributed by atoms with Gasteiger partial charge in [-0.15, -0.1) is 34.8 Å². The molecule has 138 valence electrons. The van der Waals surface area contributed by atoms with Gasteiger partial charge in [0.15, 0.2) is 4.33 Å². The number of allylic oxidation sites excluding steroid dienone is 4. The standard InChI is InChI=1S/C10H5Cl7.C7H16/c11-4-2-1-3-5(4)9(15)7(13)6(12)8(3,14)10(9,16)17;1-3-5-7-6-4-2/h1-5H;3-7H2,1-2H3. The van der Waals surface area contributed by atoms with E-state index in [1.165, 1.54) is 32.1 Å². The molecule has 0 aromatic heterocycles. The molecule has 0 aromatic carbocycles. The van der Waals surface area contributed by atoms with E-state index in [0.717, 1.165) is 0 Å². The van der Waals surface area contributed by atoms with Crippen molar-refractivity contribution in [3.05, 3.63) is 22.2 Å². The summed E-state index contributed by atoms with van der Waals surface area (Å²) in [5.74, 6) is -0.470. The van der Waals surface area contributed by atoms with Gasteiger partial charge >= 0.3 is 0 Å². The van der Waals surface area contributed by atoms with Gasteiger partial charge in [0, 0.05) is 11.8 Å². The van der Waals surface area contributed by atoms with E-state index in [0.29, 0.717) is 0 Å². The first-order valence-corrected chi connectivity index (χ1v) is 11.0. The third kappa shape index (κ3) is 2.86. The molecule has 2 bridgehead atoms. The molecule has 0 saturated heterocycles. The minimum absolute atomic E-state index is 0.205. The van der Waals surface area contributed by atoms with Gasteiger partial charge in [0.05, 0.1) is 15.4 Å². The van der Waals surface area contributed by atoms with Crippen molar-refractivity contribution < 1.29 is 0 Å². The summed E-state index contributed by atoms with van der Waals surface area (Å²) in [6.45, 7) is 4.49. The Morgan fingerprint density at radius 2 is 1.33 bits per heavy atom. The van der Waals surface area contributed by atoms with Crippen molar-refractivity contribution in [3.8, 4) is 0 Å². The monoisotopic (exact) mass is 470 g/mol. The molecule has 0 heterocycles. The van der Waals surface area contributed by atoms with Crippen molar-refractivity contribution in [2.24, 2.45) is 11.8 Å². The van der Waals surface area contributed by atoms with Gasteiger partial charge < -0.3 is 0 Å². The normalized spacial score (nSPS) is 41.5. The first kappa shape index (κ1) is 21.8. The van der Waals surface area contributed by atoms with Crippen molar-refractivity contribution in [2.75, 3.05) is 0 Å². The molecule has 0 spiro atoms. The minimum atomic E-state index is -1.48. The number of fused-ring (bicyclic) bond motifs is 5. The molecule has 3 aliphatic carbocycles. The lowest BCUT2D eigenvalue weighted by Crippen LogP contribution is -2.45. The summed E-state index contributed by atoms with van der Waals surface area (Å²) < 4.78 is -1.48. The molecule has 5 atom stereocenters. The lowest BCUT2D eigenvalue weighted by atomic mass is 9.84. The fourth-order valence-corrected chi connectivity index (χ4v) is 7.27. The van der Waals surface area contributed by atoms with Crippen LogP contribution in [-0.4, -0.2) is 19.5 Å². The molecule has 0 nitrogen and oxygen atoms in total. The molecule has 3 rings (SSSR count). The maximum Gasteiger partial charge on any atom is 0.167 e. The van der Waals surface area contributed by atoms with E-state index < -0.39 is 14.1 Å². The highest BCUT2D eigenvalue weighted by Crippen LogP contribution is 2.78. The molecular weight excluding hydrogens is 452 g/mol. The highest BCUT2D eigenvalue weighted by Gasteiger charge is 2.83. The summed E-state index contributed by atoms with van der Waals surface area (Å²) in [6.07, 6.45) is 10.7. The summed E-state index contributed by atoms with van der Waals surface area (Å²) in [5, 5.41) is 0.113. The van der Waals surface area contributed by atoms with Gasteiger partial charge in [0.1, 0.15) is 9.75 Å². The molecule has 5 unspecified atom stereocenters. The summed E-state index contributed by atoms with van der Waals surface area (Å²) in [6, 6.07) is 0. The number of hydrogen-bond donors (Lipinski definition) is 0. The smallest absolute Gasteiger partial charge is 0.118 e. The maximum absolute atomic E-state index is 6.57. The Kier molecular flexibility index (Phi) is 7.14. The van der Waals surface area contributed by atoms with Crippen molar-refractivity contribution >= 4 is 81.2 Å². The van der Waals surface area contributed by atoms with Gasteiger partial charge in [-0.05, 0) is 0 Å². The zero-order valence-electron chi connectivity index (χ0n) is 13.6. The van der Waals surface area contributed by atoms with Crippen LogP contribution in [0.5, 0.6) is 0 Å². The van der Waals surface area contributed by atoms with Crippen LogP contribution in [0.4, 0.5) is 0 Å². The van der Waals surface area contributed by atoms with Gasteiger partial charge in [-0.3, -0.25) is 0 Å². The third-order valence-corrected chi connectivity index (χ3v) is 9.81. The molecule has 0 aromatic rings. The first-order valence-electron chi connectivity index (χ1n) is 8.26. The maximum atomic E-state index is 6.57. The lowest BCUT2D eigenvalue weighted by molar-refractivity contribution is 0.420. The van der Waals surface area contributed by atoms with Crippen LogP contribution >= 0.6 is 81.2 Å². The molecule has 0 amide bonds. The van der Waals surface area contributed by atoms with Crippen LogP contribution in [0.1, 0.15) is 46.0 Å². The second-order valence-corrected chi connectivity index (χ2v) is 10.3. The summed E-state index contributed by atoms with van der Waals surface area (Å²) in [7, 11) is 0. The number of halogens is 7. The van der Waals surface area contributed by atoms with Gasteiger partial charge in [-0.2, -0.15) is 0 Å². The molecular formula is C17H21Cl7. The van der Waals surface area contributed by atoms with E-state index in [2.05, 4.69) is 13.8 Å². The zero-order chi connectivity index (χ0) is 18.3.